The van der Waals surface area contributed by atoms with Crippen molar-refractivity contribution in [1.82, 2.24) is 5.32 Å². The van der Waals surface area contributed by atoms with Crippen LogP contribution in [0.4, 0.5) is 5.69 Å². The van der Waals surface area contributed by atoms with E-state index in [0.717, 1.165) is 11.3 Å². The summed E-state index contributed by atoms with van der Waals surface area (Å²) in [5.41, 5.74) is 1.02. The van der Waals surface area contributed by atoms with Gasteiger partial charge in [0.1, 0.15) is 11.2 Å². The van der Waals surface area contributed by atoms with Crippen LogP contribution in [0.25, 0.3) is 0 Å². The van der Waals surface area contributed by atoms with Crippen molar-refractivity contribution in [2.75, 3.05) is 19.0 Å². The molecular formula is C22H24N2O4. The van der Waals surface area contributed by atoms with E-state index in [4.69, 9.17) is 4.74 Å². The predicted molar refractivity (Wildman–Crippen MR) is 106 cm³/mol. The van der Waals surface area contributed by atoms with Crippen LogP contribution in [0.15, 0.2) is 48.5 Å². The van der Waals surface area contributed by atoms with E-state index in [-0.39, 0.29) is 17.6 Å². The van der Waals surface area contributed by atoms with Gasteiger partial charge in [0, 0.05) is 17.8 Å². The van der Waals surface area contributed by atoms with E-state index in [0.29, 0.717) is 37.1 Å². The number of ketones is 1. The van der Waals surface area contributed by atoms with E-state index in [9.17, 15) is 14.4 Å². The first-order valence-corrected chi connectivity index (χ1v) is 9.29. The number of hydrogen-bond acceptors (Lipinski definition) is 4. The van der Waals surface area contributed by atoms with Crippen LogP contribution >= 0.6 is 0 Å². The van der Waals surface area contributed by atoms with Gasteiger partial charge in [-0.25, -0.2) is 0 Å². The Morgan fingerprint density at radius 3 is 2.46 bits per heavy atom. The molecule has 0 bridgehead atoms. The molecule has 0 radical (unpaired) electrons. The summed E-state index contributed by atoms with van der Waals surface area (Å²) in [4.78, 5) is 36.8. The Balaban J connectivity index is 1.58. The van der Waals surface area contributed by atoms with Gasteiger partial charge in [0.2, 0.25) is 11.8 Å². The van der Waals surface area contributed by atoms with Gasteiger partial charge in [0.15, 0.2) is 5.78 Å². The first-order valence-electron chi connectivity index (χ1n) is 9.29. The van der Waals surface area contributed by atoms with Gasteiger partial charge in [-0.3, -0.25) is 14.4 Å². The first kappa shape index (κ1) is 19.6. The average molecular weight is 380 g/mol. The Morgan fingerprint density at radius 1 is 1.04 bits per heavy atom. The van der Waals surface area contributed by atoms with Gasteiger partial charge in [-0.1, -0.05) is 30.3 Å². The van der Waals surface area contributed by atoms with Crippen LogP contribution in [0.3, 0.4) is 0 Å². The zero-order valence-electron chi connectivity index (χ0n) is 16.1. The zero-order chi connectivity index (χ0) is 20.1. The van der Waals surface area contributed by atoms with Crippen molar-refractivity contribution < 1.29 is 19.1 Å². The van der Waals surface area contributed by atoms with Gasteiger partial charge in [-0.15, -0.1) is 0 Å². The van der Waals surface area contributed by atoms with Gasteiger partial charge in [-0.05, 0) is 49.9 Å². The summed E-state index contributed by atoms with van der Waals surface area (Å²) < 4.78 is 5.31. The van der Waals surface area contributed by atoms with Crippen molar-refractivity contribution in [1.29, 1.82) is 0 Å². The molecule has 0 aliphatic heterocycles. The second-order valence-corrected chi connectivity index (χ2v) is 6.99. The third-order valence-electron chi connectivity index (χ3n) is 5.02. The van der Waals surface area contributed by atoms with Gasteiger partial charge in [0.25, 0.3) is 0 Å². The lowest BCUT2D eigenvalue weighted by molar-refractivity contribution is -0.134. The molecular weight excluding hydrogens is 356 g/mol. The van der Waals surface area contributed by atoms with Crippen molar-refractivity contribution in [3.63, 3.8) is 0 Å². The monoisotopic (exact) mass is 380 g/mol. The van der Waals surface area contributed by atoms with Crippen LogP contribution in [0.2, 0.25) is 0 Å². The van der Waals surface area contributed by atoms with E-state index < -0.39 is 5.41 Å². The fraction of sp³-hybridized carbons (Fsp3) is 0.318. The summed E-state index contributed by atoms with van der Waals surface area (Å²) in [6, 6.07) is 14.4. The lowest BCUT2D eigenvalue weighted by Gasteiger charge is -2.16. The van der Waals surface area contributed by atoms with E-state index in [1.807, 2.05) is 24.3 Å². The van der Waals surface area contributed by atoms with Crippen LogP contribution in [-0.2, 0) is 16.0 Å². The maximum Gasteiger partial charge on any atom is 0.240 e. The Bertz CT molecular complexity index is 903. The smallest absolute Gasteiger partial charge is 0.240 e. The van der Waals surface area contributed by atoms with E-state index in [1.165, 1.54) is 6.92 Å². The molecule has 2 N–H and O–H groups in total. The molecule has 1 fully saturated rings. The minimum absolute atomic E-state index is 0.0775. The molecule has 0 saturated heterocycles. The predicted octanol–water partition coefficient (Wildman–Crippen LogP) is 2.98. The summed E-state index contributed by atoms with van der Waals surface area (Å²) in [6.07, 6.45) is 1.66. The average Bonchev–Trinajstić information content (AvgIpc) is 3.50. The molecule has 146 valence electrons. The number of methoxy groups -OCH3 is 1. The number of anilines is 1. The quantitative estimate of drug-likeness (QED) is 0.545. The molecule has 2 aromatic rings. The van der Waals surface area contributed by atoms with Crippen LogP contribution in [-0.4, -0.2) is 31.3 Å². The number of rotatable bonds is 8. The Morgan fingerprint density at radius 2 is 1.79 bits per heavy atom. The lowest BCUT2D eigenvalue weighted by atomic mass is 10.0. The summed E-state index contributed by atoms with van der Waals surface area (Å²) in [5, 5.41) is 5.65. The molecule has 3 rings (SSSR count). The van der Waals surface area contributed by atoms with Gasteiger partial charge in [-0.2, -0.15) is 0 Å². The fourth-order valence-corrected chi connectivity index (χ4v) is 3.14. The molecule has 6 nitrogen and oxygen atoms in total. The zero-order valence-corrected chi connectivity index (χ0v) is 16.1. The van der Waals surface area contributed by atoms with Crippen molar-refractivity contribution in [2.45, 2.75) is 26.2 Å². The van der Waals surface area contributed by atoms with Gasteiger partial charge >= 0.3 is 0 Å². The molecule has 0 atom stereocenters. The number of hydrogen-bond donors (Lipinski definition) is 2. The molecule has 28 heavy (non-hydrogen) atoms. The Labute approximate surface area is 164 Å². The number of para-hydroxylation sites is 1. The largest absolute Gasteiger partial charge is 0.496 e. The van der Waals surface area contributed by atoms with Crippen LogP contribution in [0.5, 0.6) is 5.75 Å². The SMILES string of the molecule is COc1ccccc1CCNC(=O)C1(C(=O)Nc2cccc(C(C)=O)c2)CC1. The lowest BCUT2D eigenvalue weighted by Crippen LogP contribution is -2.40. The number of carbonyl (C=O) groups excluding carboxylic acids is 3. The van der Waals surface area contributed by atoms with Crippen LogP contribution in [0, 0.1) is 5.41 Å². The molecule has 1 aliphatic rings. The molecule has 1 saturated carbocycles. The minimum atomic E-state index is -1.02. The number of amides is 2. The molecule has 0 aromatic heterocycles. The van der Waals surface area contributed by atoms with Gasteiger partial charge < -0.3 is 15.4 Å². The number of ether oxygens (including phenoxy) is 1. The topological polar surface area (TPSA) is 84.5 Å². The summed E-state index contributed by atoms with van der Waals surface area (Å²) in [7, 11) is 1.61. The van der Waals surface area contributed by atoms with Crippen LogP contribution < -0.4 is 15.4 Å². The van der Waals surface area contributed by atoms with Crippen LogP contribution in [0.1, 0.15) is 35.7 Å². The second-order valence-electron chi connectivity index (χ2n) is 6.99. The second kappa shape index (κ2) is 8.25. The molecule has 0 unspecified atom stereocenters. The number of benzene rings is 2. The van der Waals surface area contributed by atoms with Crippen molar-refractivity contribution in [3.8, 4) is 5.75 Å². The van der Waals surface area contributed by atoms with Gasteiger partial charge in [0.05, 0.1) is 7.11 Å². The molecule has 2 amide bonds. The number of carbonyl (C=O) groups is 3. The third-order valence-corrected chi connectivity index (χ3v) is 5.02. The van der Waals surface area contributed by atoms with Crippen molar-refractivity contribution in [3.05, 3.63) is 59.7 Å². The molecule has 6 heteroatoms. The normalized spacial score (nSPS) is 14.1. The minimum Gasteiger partial charge on any atom is -0.496 e. The highest BCUT2D eigenvalue weighted by Crippen LogP contribution is 2.46. The molecule has 1 aliphatic carbocycles. The van der Waals surface area contributed by atoms with E-state index in [1.54, 1.807) is 31.4 Å². The Kier molecular flexibility index (Phi) is 5.78. The fourth-order valence-electron chi connectivity index (χ4n) is 3.14. The van der Waals surface area contributed by atoms with Crippen molar-refractivity contribution >= 4 is 23.3 Å². The maximum absolute atomic E-state index is 12.7. The van der Waals surface area contributed by atoms with Crippen molar-refractivity contribution in [2.24, 2.45) is 5.41 Å². The van der Waals surface area contributed by atoms with E-state index in [2.05, 4.69) is 10.6 Å². The molecule has 0 spiro atoms. The third kappa shape index (κ3) is 4.22. The first-order chi connectivity index (χ1) is 13.5. The summed E-state index contributed by atoms with van der Waals surface area (Å²) in [6.45, 7) is 1.90. The standard InChI is InChI=1S/C22H24N2O4/c1-15(25)17-7-5-8-18(14-17)24-21(27)22(11-12-22)20(26)23-13-10-16-6-3-4-9-19(16)28-2/h3-9,14H,10-13H2,1-2H3,(H,23,26)(H,24,27). The molecule has 2 aromatic carbocycles. The number of nitrogens with one attached hydrogen (secondary N) is 2. The molecule has 0 heterocycles. The van der Waals surface area contributed by atoms with E-state index >= 15 is 0 Å². The number of Topliss-reactive ketones (excluding diaryl/α,β-unsaturated/α-hetero) is 1. The highest BCUT2D eigenvalue weighted by molar-refractivity contribution is 6.13. The summed E-state index contributed by atoms with van der Waals surface area (Å²) >= 11 is 0. The maximum atomic E-state index is 12.7. The highest BCUT2D eigenvalue weighted by atomic mass is 16.5. The Hall–Kier alpha value is -3.15. The highest BCUT2D eigenvalue weighted by Gasteiger charge is 2.56. The summed E-state index contributed by atoms with van der Waals surface area (Å²) in [5.74, 6) is 0.109.